The van der Waals surface area contributed by atoms with Crippen LogP contribution in [0.2, 0.25) is 0 Å². The zero-order valence-corrected chi connectivity index (χ0v) is 14.7. The number of fused-ring (bicyclic) bond motifs is 1. The van der Waals surface area contributed by atoms with E-state index in [-0.39, 0.29) is 0 Å². The van der Waals surface area contributed by atoms with Gasteiger partial charge in [0.2, 0.25) is 0 Å². The maximum absolute atomic E-state index is 4.79. The third-order valence-corrected chi connectivity index (χ3v) is 4.96. The molecule has 3 aromatic rings. The van der Waals surface area contributed by atoms with Gasteiger partial charge in [0.15, 0.2) is 5.82 Å². The first-order valence-corrected chi connectivity index (χ1v) is 8.83. The topological polar surface area (TPSA) is 50.7 Å². The van der Waals surface area contributed by atoms with Gasteiger partial charge in [-0.1, -0.05) is 30.3 Å². The molecule has 0 bridgehead atoms. The molecule has 1 atom stereocenters. The zero-order chi connectivity index (χ0) is 17.2. The summed E-state index contributed by atoms with van der Waals surface area (Å²) in [5.41, 5.74) is 5.73. The predicted molar refractivity (Wildman–Crippen MR) is 100 cm³/mol. The highest BCUT2D eigenvalue weighted by Crippen LogP contribution is 2.33. The van der Waals surface area contributed by atoms with Crippen LogP contribution in [0.5, 0.6) is 0 Å². The van der Waals surface area contributed by atoms with Crippen molar-refractivity contribution in [2.45, 2.75) is 39.2 Å². The first-order chi connectivity index (χ1) is 12.2. The number of aromatic nitrogens is 3. The summed E-state index contributed by atoms with van der Waals surface area (Å²) in [6, 6.07) is 14.8. The summed E-state index contributed by atoms with van der Waals surface area (Å²) in [6.07, 6.45) is 5.26. The number of hydrogen-bond donors (Lipinski definition) is 1. The van der Waals surface area contributed by atoms with Crippen LogP contribution in [0.1, 0.15) is 41.3 Å². The van der Waals surface area contributed by atoms with Crippen molar-refractivity contribution in [3.63, 3.8) is 0 Å². The lowest BCUT2D eigenvalue weighted by molar-refractivity contribution is 0.598. The van der Waals surface area contributed by atoms with E-state index in [1.165, 1.54) is 17.5 Å². The Hall–Kier alpha value is -2.75. The van der Waals surface area contributed by atoms with Gasteiger partial charge in [-0.25, -0.2) is 9.97 Å². The van der Waals surface area contributed by atoms with Gasteiger partial charge < -0.3 is 5.32 Å². The van der Waals surface area contributed by atoms with Crippen LogP contribution < -0.4 is 5.32 Å². The van der Waals surface area contributed by atoms with Gasteiger partial charge >= 0.3 is 0 Å². The summed E-state index contributed by atoms with van der Waals surface area (Å²) in [5.74, 6) is 1.59. The molecule has 0 fully saturated rings. The van der Waals surface area contributed by atoms with E-state index in [1.54, 1.807) is 6.20 Å². The van der Waals surface area contributed by atoms with Crippen molar-refractivity contribution in [3.8, 4) is 11.5 Å². The Bertz CT molecular complexity index is 890. The first-order valence-electron chi connectivity index (χ1n) is 8.83. The van der Waals surface area contributed by atoms with E-state index < -0.39 is 0 Å². The molecule has 4 rings (SSSR count). The molecule has 2 aromatic heterocycles. The Morgan fingerprint density at radius 2 is 1.84 bits per heavy atom. The number of rotatable bonds is 3. The Morgan fingerprint density at radius 3 is 2.68 bits per heavy atom. The summed E-state index contributed by atoms with van der Waals surface area (Å²) in [4.78, 5) is 13.8. The molecule has 0 amide bonds. The number of anilines is 1. The average molecular weight is 330 g/mol. The average Bonchev–Trinajstić information content (AvgIpc) is 2.66. The van der Waals surface area contributed by atoms with E-state index in [0.717, 1.165) is 35.6 Å². The standard InChI is InChI=1S/C21H22N4/c1-14-15(2)23-21(19-11-5-6-13-22-19)25-20(14)24-18-12-7-9-16-8-3-4-10-17(16)18/h3-6,8,10-11,13,18H,7,9,12H2,1-2H3,(H,23,24,25). The van der Waals surface area contributed by atoms with Gasteiger partial charge in [0, 0.05) is 17.5 Å². The Kier molecular flexibility index (Phi) is 4.18. The van der Waals surface area contributed by atoms with Gasteiger partial charge in [0.25, 0.3) is 0 Å². The summed E-state index contributed by atoms with van der Waals surface area (Å²) < 4.78 is 0. The van der Waals surface area contributed by atoms with Gasteiger partial charge in [-0.2, -0.15) is 0 Å². The molecular formula is C21H22N4. The van der Waals surface area contributed by atoms with E-state index in [0.29, 0.717) is 11.9 Å². The zero-order valence-electron chi connectivity index (χ0n) is 14.7. The second-order valence-corrected chi connectivity index (χ2v) is 6.61. The van der Waals surface area contributed by atoms with Gasteiger partial charge in [-0.05, 0) is 56.4 Å². The molecule has 1 aliphatic rings. The molecule has 4 nitrogen and oxygen atoms in total. The predicted octanol–water partition coefficient (Wildman–Crippen LogP) is 4.64. The minimum atomic E-state index is 0.300. The quantitative estimate of drug-likeness (QED) is 0.760. The molecule has 1 aliphatic carbocycles. The van der Waals surface area contributed by atoms with Crippen LogP contribution >= 0.6 is 0 Å². The SMILES string of the molecule is Cc1nc(-c2ccccn2)nc(NC2CCCc3ccccc32)c1C. The Morgan fingerprint density at radius 1 is 1.00 bits per heavy atom. The molecule has 4 heteroatoms. The summed E-state index contributed by atoms with van der Waals surface area (Å²) in [6.45, 7) is 4.11. The van der Waals surface area contributed by atoms with E-state index >= 15 is 0 Å². The lowest BCUT2D eigenvalue weighted by Crippen LogP contribution is -2.19. The van der Waals surface area contributed by atoms with Gasteiger partial charge in [-0.3, -0.25) is 4.98 Å². The molecule has 25 heavy (non-hydrogen) atoms. The highest BCUT2D eigenvalue weighted by Gasteiger charge is 2.21. The molecule has 1 N–H and O–H groups in total. The molecule has 1 aromatic carbocycles. The van der Waals surface area contributed by atoms with Crippen molar-refractivity contribution < 1.29 is 0 Å². The van der Waals surface area contributed by atoms with Gasteiger partial charge in [0.1, 0.15) is 11.5 Å². The number of nitrogens with one attached hydrogen (secondary N) is 1. The monoisotopic (exact) mass is 330 g/mol. The Labute approximate surface area is 148 Å². The van der Waals surface area contributed by atoms with E-state index in [4.69, 9.17) is 4.98 Å². The van der Waals surface area contributed by atoms with Crippen LogP contribution in [-0.4, -0.2) is 15.0 Å². The number of nitrogens with zero attached hydrogens (tertiary/aromatic N) is 3. The number of pyridine rings is 1. The van der Waals surface area contributed by atoms with Crippen LogP contribution in [0.3, 0.4) is 0 Å². The molecule has 2 heterocycles. The van der Waals surface area contributed by atoms with E-state index in [2.05, 4.69) is 46.5 Å². The highest BCUT2D eigenvalue weighted by molar-refractivity contribution is 5.57. The number of benzene rings is 1. The van der Waals surface area contributed by atoms with Crippen molar-refractivity contribution in [1.82, 2.24) is 15.0 Å². The van der Waals surface area contributed by atoms with Crippen LogP contribution in [0.4, 0.5) is 5.82 Å². The van der Waals surface area contributed by atoms with Crippen molar-refractivity contribution in [2.75, 3.05) is 5.32 Å². The fourth-order valence-electron chi connectivity index (χ4n) is 3.45. The summed E-state index contributed by atoms with van der Waals surface area (Å²) in [7, 11) is 0. The highest BCUT2D eigenvalue weighted by atomic mass is 15.1. The fraction of sp³-hybridized carbons (Fsp3) is 0.286. The molecule has 0 saturated heterocycles. The first kappa shape index (κ1) is 15.8. The molecule has 1 unspecified atom stereocenters. The van der Waals surface area contributed by atoms with Crippen molar-refractivity contribution >= 4 is 5.82 Å². The summed E-state index contributed by atoms with van der Waals surface area (Å²) in [5, 5.41) is 3.68. The minimum Gasteiger partial charge on any atom is -0.363 e. The second kappa shape index (κ2) is 6.63. The number of hydrogen-bond acceptors (Lipinski definition) is 4. The lowest BCUT2D eigenvalue weighted by atomic mass is 9.87. The molecule has 0 saturated carbocycles. The molecular weight excluding hydrogens is 308 g/mol. The lowest BCUT2D eigenvalue weighted by Gasteiger charge is -2.27. The molecule has 126 valence electrons. The Balaban J connectivity index is 1.71. The van der Waals surface area contributed by atoms with Crippen LogP contribution in [0.25, 0.3) is 11.5 Å². The third-order valence-electron chi connectivity index (χ3n) is 4.96. The molecule has 0 spiro atoms. The van der Waals surface area contributed by atoms with Crippen LogP contribution in [0.15, 0.2) is 48.7 Å². The molecule has 0 aliphatic heterocycles. The van der Waals surface area contributed by atoms with Gasteiger partial charge in [-0.15, -0.1) is 0 Å². The molecule has 0 radical (unpaired) electrons. The normalized spacial score (nSPS) is 16.3. The van der Waals surface area contributed by atoms with Crippen molar-refractivity contribution in [3.05, 3.63) is 71.0 Å². The largest absolute Gasteiger partial charge is 0.363 e. The van der Waals surface area contributed by atoms with Crippen molar-refractivity contribution in [1.29, 1.82) is 0 Å². The maximum atomic E-state index is 4.79. The van der Waals surface area contributed by atoms with E-state index in [9.17, 15) is 0 Å². The third kappa shape index (κ3) is 3.12. The fourth-order valence-corrected chi connectivity index (χ4v) is 3.45. The van der Waals surface area contributed by atoms with Gasteiger partial charge in [0.05, 0.1) is 6.04 Å². The smallest absolute Gasteiger partial charge is 0.180 e. The van der Waals surface area contributed by atoms with Crippen LogP contribution in [0, 0.1) is 13.8 Å². The number of aryl methyl sites for hydroxylation is 2. The maximum Gasteiger partial charge on any atom is 0.180 e. The summed E-state index contributed by atoms with van der Waals surface area (Å²) >= 11 is 0. The minimum absolute atomic E-state index is 0.300. The second-order valence-electron chi connectivity index (χ2n) is 6.61. The van der Waals surface area contributed by atoms with Crippen LogP contribution in [-0.2, 0) is 6.42 Å². The van der Waals surface area contributed by atoms with Crippen molar-refractivity contribution in [2.24, 2.45) is 0 Å². The van der Waals surface area contributed by atoms with E-state index in [1.807, 2.05) is 25.1 Å².